The molecule has 2 rings (SSSR count). The molecule has 0 aromatic carbocycles. The Labute approximate surface area is 100 Å². The van der Waals surface area contributed by atoms with Gasteiger partial charge in [0.2, 0.25) is 0 Å². The maximum absolute atomic E-state index is 11.9. The monoisotopic (exact) mass is 238 g/mol. The van der Waals surface area contributed by atoms with Crippen molar-refractivity contribution in [3.63, 3.8) is 0 Å². The lowest BCUT2D eigenvalue weighted by molar-refractivity contribution is 0.0929. The van der Waals surface area contributed by atoms with Crippen molar-refractivity contribution in [2.45, 2.75) is 51.5 Å². The van der Waals surface area contributed by atoms with Crippen molar-refractivity contribution in [1.82, 2.24) is 9.69 Å². The van der Waals surface area contributed by atoms with Crippen LogP contribution < -0.4 is 5.32 Å². The third-order valence-electron chi connectivity index (χ3n) is 3.05. The van der Waals surface area contributed by atoms with Crippen LogP contribution in [0.2, 0.25) is 0 Å². The van der Waals surface area contributed by atoms with Gasteiger partial charge in [0.15, 0.2) is 0 Å². The number of nitrogens with one attached hydrogen (secondary N) is 1. The number of hydrogen-bond acceptors (Lipinski definition) is 3. The average Bonchev–Trinajstić information content (AvgIpc) is 2.54. The molecule has 0 radical (unpaired) electrons. The summed E-state index contributed by atoms with van der Waals surface area (Å²) in [6, 6.07) is 2.22. The van der Waals surface area contributed by atoms with Gasteiger partial charge in [-0.05, 0) is 37.4 Å². The van der Waals surface area contributed by atoms with Crippen molar-refractivity contribution >= 4 is 17.4 Å². The van der Waals surface area contributed by atoms with E-state index in [0.717, 1.165) is 17.7 Å². The summed E-state index contributed by atoms with van der Waals surface area (Å²) in [5, 5.41) is 3.09. The van der Waals surface area contributed by atoms with Crippen LogP contribution in [-0.2, 0) is 0 Å². The summed E-state index contributed by atoms with van der Waals surface area (Å²) in [5.74, 6) is -0.00347. The van der Waals surface area contributed by atoms with E-state index in [1.165, 1.54) is 37.2 Å². The third-order valence-corrected chi connectivity index (χ3v) is 3.74. The molecule has 4 heteroatoms. The van der Waals surface area contributed by atoms with Crippen molar-refractivity contribution in [3.8, 4) is 0 Å². The largest absolute Gasteiger partial charge is 0.348 e. The molecule has 0 spiro atoms. The van der Waals surface area contributed by atoms with Crippen LogP contribution in [0.5, 0.6) is 0 Å². The molecule has 88 valence electrons. The van der Waals surface area contributed by atoms with Gasteiger partial charge < -0.3 is 5.32 Å². The van der Waals surface area contributed by atoms with Gasteiger partial charge in [-0.25, -0.2) is 0 Å². The Morgan fingerprint density at radius 3 is 2.62 bits per heavy atom. The lowest BCUT2D eigenvalue weighted by Gasteiger charge is -2.14. The van der Waals surface area contributed by atoms with Crippen LogP contribution in [-0.4, -0.2) is 16.3 Å². The average molecular weight is 238 g/mol. The van der Waals surface area contributed by atoms with E-state index in [1.807, 2.05) is 13.0 Å². The van der Waals surface area contributed by atoms with E-state index in [-0.39, 0.29) is 5.91 Å². The van der Waals surface area contributed by atoms with Crippen LogP contribution in [0.1, 0.15) is 53.9 Å². The Morgan fingerprint density at radius 2 is 2.06 bits per heavy atom. The van der Waals surface area contributed by atoms with Crippen molar-refractivity contribution in [2.75, 3.05) is 0 Å². The van der Waals surface area contributed by atoms with Crippen molar-refractivity contribution in [3.05, 3.63) is 16.6 Å². The fourth-order valence-corrected chi connectivity index (χ4v) is 2.70. The van der Waals surface area contributed by atoms with Crippen LogP contribution in [0.3, 0.4) is 0 Å². The predicted octanol–water partition coefficient (Wildman–Crippen LogP) is 2.90. The summed E-state index contributed by atoms with van der Waals surface area (Å²) in [6.07, 6.45) is 7.33. The summed E-state index contributed by atoms with van der Waals surface area (Å²) < 4.78 is 4.13. The van der Waals surface area contributed by atoms with Gasteiger partial charge in [-0.15, -0.1) is 0 Å². The fourth-order valence-electron chi connectivity index (χ4n) is 2.16. The molecule has 1 heterocycles. The molecule has 0 saturated heterocycles. The Hall–Kier alpha value is -0.900. The van der Waals surface area contributed by atoms with Gasteiger partial charge in [-0.2, -0.15) is 4.37 Å². The van der Waals surface area contributed by atoms with Crippen LogP contribution in [0, 0.1) is 6.92 Å². The first kappa shape index (κ1) is 11.6. The highest BCUT2D eigenvalue weighted by Crippen LogP contribution is 2.17. The normalized spacial score (nSPS) is 18.1. The number of carbonyl (C=O) groups excluding carboxylic acids is 1. The van der Waals surface area contributed by atoms with Crippen molar-refractivity contribution in [1.29, 1.82) is 0 Å². The number of aryl methyl sites for hydroxylation is 1. The predicted molar refractivity (Wildman–Crippen MR) is 65.8 cm³/mol. The first-order valence-corrected chi connectivity index (χ1v) is 6.77. The van der Waals surface area contributed by atoms with E-state index in [1.54, 1.807) is 0 Å². The molecule has 3 nitrogen and oxygen atoms in total. The zero-order valence-corrected chi connectivity index (χ0v) is 10.5. The smallest absolute Gasteiger partial charge is 0.271 e. The van der Waals surface area contributed by atoms with E-state index < -0.39 is 0 Å². The molecule has 1 saturated carbocycles. The van der Waals surface area contributed by atoms with E-state index >= 15 is 0 Å². The number of nitrogens with zero attached hydrogens (tertiary/aromatic N) is 1. The quantitative estimate of drug-likeness (QED) is 0.805. The zero-order chi connectivity index (χ0) is 11.4. The number of aromatic nitrogens is 1. The minimum absolute atomic E-state index is 0.00347. The molecular formula is C12H18N2OS. The molecule has 0 atom stereocenters. The number of hydrogen-bond donors (Lipinski definition) is 1. The third kappa shape index (κ3) is 3.04. The van der Waals surface area contributed by atoms with Gasteiger partial charge in [0.25, 0.3) is 5.91 Å². The summed E-state index contributed by atoms with van der Waals surface area (Å²) in [4.78, 5) is 13.0. The molecule has 1 fully saturated rings. The van der Waals surface area contributed by atoms with E-state index in [9.17, 15) is 4.79 Å². The lowest BCUT2D eigenvalue weighted by atomic mass is 10.1. The van der Waals surface area contributed by atoms with Crippen LogP contribution in [0.15, 0.2) is 6.07 Å². The SMILES string of the molecule is Cc1cc(C(=O)NC2CCCCCC2)ns1. The number of rotatable bonds is 2. The highest BCUT2D eigenvalue weighted by Gasteiger charge is 2.17. The molecule has 1 aromatic rings. The highest BCUT2D eigenvalue weighted by molar-refractivity contribution is 7.05. The fraction of sp³-hybridized carbons (Fsp3) is 0.667. The molecule has 0 bridgehead atoms. The van der Waals surface area contributed by atoms with Crippen molar-refractivity contribution in [2.24, 2.45) is 0 Å². The second-order valence-corrected chi connectivity index (χ2v) is 5.49. The van der Waals surface area contributed by atoms with Gasteiger partial charge in [0, 0.05) is 10.9 Å². The zero-order valence-electron chi connectivity index (χ0n) is 9.66. The van der Waals surface area contributed by atoms with Gasteiger partial charge in [0.1, 0.15) is 5.69 Å². The van der Waals surface area contributed by atoms with Crippen LogP contribution in [0.4, 0.5) is 0 Å². The minimum atomic E-state index is -0.00347. The lowest BCUT2D eigenvalue weighted by Crippen LogP contribution is -2.34. The molecule has 1 aliphatic rings. The van der Waals surface area contributed by atoms with Crippen molar-refractivity contribution < 1.29 is 4.79 Å². The van der Waals surface area contributed by atoms with E-state index in [4.69, 9.17) is 0 Å². The van der Waals surface area contributed by atoms with E-state index in [0.29, 0.717) is 11.7 Å². The second-order valence-electron chi connectivity index (χ2n) is 4.48. The summed E-state index contributed by atoms with van der Waals surface area (Å²) in [6.45, 7) is 1.97. The Bertz CT molecular complexity index is 354. The van der Waals surface area contributed by atoms with Gasteiger partial charge in [-0.1, -0.05) is 25.7 Å². The maximum Gasteiger partial charge on any atom is 0.271 e. The Balaban J connectivity index is 1.90. The second kappa shape index (κ2) is 5.43. The van der Waals surface area contributed by atoms with Gasteiger partial charge in [-0.3, -0.25) is 4.79 Å². The molecule has 1 amide bonds. The summed E-state index contributed by atoms with van der Waals surface area (Å²) in [5.41, 5.74) is 0.576. The molecule has 1 N–H and O–H groups in total. The first-order valence-electron chi connectivity index (χ1n) is 6.00. The first-order chi connectivity index (χ1) is 7.75. The van der Waals surface area contributed by atoms with Gasteiger partial charge >= 0.3 is 0 Å². The maximum atomic E-state index is 11.9. The molecule has 0 unspecified atom stereocenters. The Morgan fingerprint density at radius 1 is 1.38 bits per heavy atom. The standard InChI is InChI=1S/C12H18N2OS/c1-9-8-11(14-16-9)12(15)13-10-6-4-2-3-5-7-10/h8,10H,2-7H2,1H3,(H,13,15). The van der Waals surface area contributed by atoms with Gasteiger partial charge in [0.05, 0.1) is 0 Å². The Kier molecular flexibility index (Phi) is 3.93. The molecule has 0 aliphatic heterocycles. The van der Waals surface area contributed by atoms with Crippen LogP contribution >= 0.6 is 11.5 Å². The molecule has 1 aliphatic carbocycles. The van der Waals surface area contributed by atoms with Crippen LogP contribution in [0.25, 0.3) is 0 Å². The van der Waals surface area contributed by atoms with E-state index in [2.05, 4.69) is 9.69 Å². The number of carbonyl (C=O) groups is 1. The molecule has 16 heavy (non-hydrogen) atoms. The number of amides is 1. The molecule has 1 aromatic heterocycles. The summed E-state index contributed by atoms with van der Waals surface area (Å²) in [7, 11) is 0. The topological polar surface area (TPSA) is 42.0 Å². The minimum Gasteiger partial charge on any atom is -0.348 e. The molecular weight excluding hydrogens is 220 g/mol. The highest BCUT2D eigenvalue weighted by atomic mass is 32.1. The summed E-state index contributed by atoms with van der Waals surface area (Å²) >= 11 is 1.39.